The molecule has 0 aromatic rings. The van der Waals surface area contributed by atoms with Gasteiger partial charge in [-0.3, -0.25) is 14.4 Å². The minimum atomic E-state index is -1.33. The van der Waals surface area contributed by atoms with Crippen LogP contribution < -0.4 is 16.4 Å². The molecule has 10 heteroatoms. The van der Waals surface area contributed by atoms with Crippen molar-refractivity contribution in [3.8, 4) is 0 Å². The van der Waals surface area contributed by atoms with Crippen molar-refractivity contribution < 1.29 is 29.7 Å². The van der Waals surface area contributed by atoms with Crippen molar-refractivity contribution in [3.05, 3.63) is 0 Å². The zero-order valence-corrected chi connectivity index (χ0v) is 11.2. The third-order valence-electron chi connectivity index (χ3n) is 2.19. The van der Waals surface area contributed by atoms with Gasteiger partial charge in [-0.2, -0.15) is 0 Å². The van der Waals surface area contributed by atoms with Crippen molar-refractivity contribution in [3.63, 3.8) is 0 Å². The van der Waals surface area contributed by atoms with Crippen LogP contribution in [0.4, 0.5) is 0 Å². The van der Waals surface area contributed by atoms with Crippen molar-refractivity contribution in [1.82, 2.24) is 10.6 Å². The van der Waals surface area contributed by atoms with Gasteiger partial charge in [-0.15, -0.1) is 0 Å². The molecule has 0 saturated heterocycles. The highest BCUT2D eigenvalue weighted by Gasteiger charge is 2.25. The quantitative estimate of drug-likeness (QED) is 0.247. The Hall–Kier alpha value is -1.12. The summed E-state index contributed by atoms with van der Waals surface area (Å²) >= 11 is 0. The molecule has 0 aromatic carbocycles. The fraction of sp³-hybridized carbons (Fsp3) is 0.667. The monoisotopic (exact) mass is 295 g/mol. The smallest absolute Gasteiger partial charge is 0.245 e. The molecule has 0 rings (SSSR count). The number of amides is 2. The van der Waals surface area contributed by atoms with E-state index in [1.807, 2.05) is 0 Å². The number of hydrogen-bond acceptors (Lipinski definition) is 7. The van der Waals surface area contributed by atoms with Gasteiger partial charge in [0.05, 0.1) is 19.8 Å². The Bertz CT molecular complexity index is 340. The zero-order chi connectivity index (χ0) is 15.0. The van der Waals surface area contributed by atoms with Gasteiger partial charge in [0.2, 0.25) is 11.8 Å². The van der Waals surface area contributed by atoms with Gasteiger partial charge in [-0.25, -0.2) is 0 Å². The lowest BCUT2D eigenvalue weighted by Gasteiger charge is -2.20. The first-order chi connectivity index (χ1) is 8.87. The number of aliphatic hydroxyl groups excluding tert-OH is 3. The maximum absolute atomic E-state index is 11.6. The van der Waals surface area contributed by atoms with Crippen molar-refractivity contribution in [2.24, 2.45) is 5.73 Å². The second kappa shape index (κ2) is 8.89. The summed E-state index contributed by atoms with van der Waals surface area (Å²) in [5.41, 5.74) is 4.67. The van der Waals surface area contributed by atoms with E-state index < -0.39 is 55.3 Å². The first-order valence-corrected chi connectivity index (χ1v) is 5.93. The van der Waals surface area contributed by atoms with Crippen LogP contribution in [0.2, 0.25) is 0 Å². The molecule has 1 unspecified atom stereocenters. The molecule has 0 aromatic heterocycles. The molecule has 4 atom stereocenters. The Morgan fingerprint density at radius 3 is 1.79 bits per heavy atom. The normalized spacial score (nSPS) is 15.2. The molecule has 0 aliphatic rings. The topological polar surface area (TPSA) is 162 Å². The highest BCUT2D eigenvalue weighted by molar-refractivity contribution is 7.40. The summed E-state index contributed by atoms with van der Waals surface area (Å²) < 4.78 is 0. The average Bonchev–Trinajstić information content (AvgIpc) is 2.39. The standard InChI is InChI=1S/C9H18N3O6P/c10-4(1-13)7(16)11-5(2-14)8(17)12-6(3-15)9(18)19/h4-6,13-15H,1-3,10,19H2,(H,11,16)(H,12,17)/t4-,5-,6-/m0/s1. The van der Waals surface area contributed by atoms with Gasteiger partial charge in [0.25, 0.3) is 0 Å². The molecule has 0 saturated carbocycles. The van der Waals surface area contributed by atoms with E-state index >= 15 is 0 Å². The summed E-state index contributed by atoms with van der Waals surface area (Å²) in [5.74, 6) is -1.68. The van der Waals surface area contributed by atoms with Gasteiger partial charge in [0.15, 0.2) is 5.52 Å². The molecule has 2 amide bonds. The van der Waals surface area contributed by atoms with Gasteiger partial charge in [0, 0.05) is 0 Å². The predicted molar refractivity (Wildman–Crippen MR) is 67.8 cm³/mol. The molecule has 19 heavy (non-hydrogen) atoms. The molecule has 0 spiro atoms. The van der Waals surface area contributed by atoms with Crippen LogP contribution in [-0.2, 0) is 14.4 Å². The van der Waals surface area contributed by atoms with Crippen molar-refractivity contribution in [1.29, 1.82) is 0 Å². The second-order valence-corrected chi connectivity index (χ2v) is 4.25. The Morgan fingerprint density at radius 2 is 1.42 bits per heavy atom. The van der Waals surface area contributed by atoms with Gasteiger partial charge >= 0.3 is 0 Å². The molecule has 0 radical (unpaired) electrons. The molecule has 0 aliphatic heterocycles. The first-order valence-electron chi connectivity index (χ1n) is 5.35. The maximum Gasteiger partial charge on any atom is 0.245 e. The lowest BCUT2D eigenvalue weighted by Crippen LogP contribution is -2.56. The van der Waals surface area contributed by atoms with Crippen LogP contribution in [0.3, 0.4) is 0 Å². The summed E-state index contributed by atoms with van der Waals surface area (Å²) in [6, 6.07) is -3.70. The number of nitrogens with one attached hydrogen (secondary N) is 2. The van der Waals surface area contributed by atoms with Crippen LogP contribution in [0.1, 0.15) is 0 Å². The highest BCUT2D eigenvalue weighted by Crippen LogP contribution is 1.95. The molecule has 110 valence electrons. The first kappa shape index (κ1) is 17.9. The molecule has 9 nitrogen and oxygen atoms in total. The molecule has 0 aliphatic carbocycles. The van der Waals surface area contributed by atoms with Crippen LogP contribution in [0, 0.1) is 0 Å². The second-order valence-electron chi connectivity index (χ2n) is 3.68. The lowest BCUT2D eigenvalue weighted by atomic mass is 10.2. The van der Waals surface area contributed by atoms with E-state index in [-0.39, 0.29) is 0 Å². The highest BCUT2D eigenvalue weighted by atomic mass is 31.0. The van der Waals surface area contributed by atoms with Crippen LogP contribution in [-0.4, -0.2) is 70.6 Å². The van der Waals surface area contributed by atoms with E-state index in [9.17, 15) is 14.4 Å². The maximum atomic E-state index is 11.6. The lowest BCUT2D eigenvalue weighted by molar-refractivity contribution is -0.132. The van der Waals surface area contributed by atoms with Crippen LogP contribution in [0.15, 0.2) is 0 Å². The van der Waals surface area contributed by atoms with E-state index in [2.05, 4.69) is 10.6 Å². The third kappa shape index (κ3) is 6.04. The predicted octanol–water partition coefficient (Wildman–Crippen LogP) is -4.34. The van der Waals surface area contributed by atoms with E-state index in [0.29, 0.717) is 0 Å². The largest absolute Gasteiger partial charge is 0.394 e. The van der Waals surface area contributed by atoms with Crippen LogP contribution >= 0.6 is 9.24 Å². The molecule has 0 heterocycles. The summed E-state index contributed by atoms with van der Waals surface area (Å²) in [7, 11) is 1.80. The van der Waals surface area contributed by atoms with E-state index in [4.69, 9.17) is 21.1 Å². The fourth-order valence-electron chi connectivity index (χ4n) is 1.03. The molecule has 7 N–H and O–H groups in total. The SMILES string of the molecule is N[C@@H](CO)C(=O)N[C@@H](CO)C(=O)N[C@@H](CO)C(=O)P. The Balaban J connectivity index is 4.56. The van der Waals surface area contributed by atoms with Crippen molar-refractivity contribution in [2.75, 3.05) is 19.8 Å². The summed E-state index contributed by atoms with van der Waals surface area (Å²) in [4.78, 5) is 33.9. The number of aliphatic hydroxyl groups is 3. The summed E-state index contributed by atoms with van der Waals surface area (Å²) in [5, 5.41) is 30.7. The summed E-state index contributed by atoms with van der Waals surface area (Å²) in [6.45, 7) is -1.95. The number of hydrogen-bond donors (Lipinski definition) is 6. The van der Waals surface area contributed by atoms with Crippen molar-refractivity contribution in [2.45, 2.75) is 18.1 Å². The summed E-state index contributed by atoms with van der Waals surface area (Å²) in [6.07, 6.45) is 0. The Morgan fingerprint density at radius 1 is 0.947 bits per heavy atom. The molecule has 0 fully saturated rings. The van der Waals surface area contributed by atoms with E-state index in [1.54, 1.807) is 9.24 Å². The zero-order valence-electron chi connectivity index (χ0n) is 10.1. The fourth-order valence-corrected chi connectivity index (χ4v) is 1.22. The number of carbonyl (C=O) groups excluding carboxylic acids is 3. The molecular weight excluding hydrogens is 277 g/mol. The van der Waals surface area contributed by atoms with E-state index in [0.717, 1.165) is 0 Å². The van der Waals surface area contributed by atoms with Gasteiger partial charge < -0.3 is 31.7 Å². The molecular formula is C9H18N3O6P. The average molecular weight is 295 g/mol. The number of nitrogens with two attached hydrogens (primary N) is 1. The minimum Gasteiger partial charge on any atom is -0.394 e. The van der Waals surface area contributed by atoms with Gasteiger partial charge in [-0.1, -0.05) is 9.24 Å². The number of rotatable bonds is 8. The van der Waals surface area contributed by atoms with E-state index in [1.165, 1.54) is 0 Å². The Kier molecular flexibility index (Phi) is 8.37. The van der Waals surface area contributed by atoms with Gasteiger partial charge in [-0.05, 0) is 0 Å². The number of carbonyl (C=O) groups is 3. The van der Waals surface area contributed by atoms with Crippen LogP contribution in [0.25, 0.3) is 0 Å². The van der Waals surface area contributed by atoms with Crippen molar-refractivity contribution >= 4 is 26.6 Å². The van der Waals surface area contributed by atoms with Crippen LogP contribution in [0.5, 0.6) is 0 Å². The minimum absolute atomic E-state index is 0.550. The Labute approximate surface area is 111 Å². The molecule has 0 bridgehead atoms. The third-order valence-corrected chi connectivity index (χ3v) is 2.59. The van der Waals surface area contributed by atoms with Gasteiger partial charge in [0.1, 0.15) is 18.1 Å².